The van der Waals surface area contributed by atoms with Crippen LogP contribution in [-0.2, 0) is 16.4 Å². The largest absolute Gasteiger partial charge is 0.493 e. The number of hydrogen-bond donors (Lipinski definition) is 0. The number of hydrogen-bond acceptors (Lipinski definition) is 5. The van der Waals surface area contributed by atoms with Crippen LogP contribution in [0.4, 0.5) is 5.69 Å². The van der Waals surface area contributed by atoms with Crippen LogP contribution in [0.15, 0.2) is 36.4 Å². The molecule has 32 heavy (non-hydrogen) atoms. The van der Waals surface area contributed by atoms with Crippen LogP contribution in [0.1, 0.15) is 25.8 Å². The van der Waals surface area contributed by atoms with Crippen molar-refractivity contribution in [3.05, 3.63) is 52.0 Å². The highest BCUT2D eigenvalue weighted by Crippen LogP contribution is 2.30. The second kappa shape index (κ2) is 12.0. The summed E-state index contributed by atoms with van der Waals surface area (Å²) in [6.07, 6.45) is 1.35. The lowest BCUT2D eigenvalue weighted by atomic mass is 10.1. The monoisotopic (exact) mass is 502 g/mol. The molecule has 2 aromatic rings. The van der Waals surface area contributed by atoms with Gasteiger partial charge in [-0.15, -0.1) is 0 Å². The molecule has 178 valence electrons. The van der Waals surface area contributed by atoms with Gasteiger partial charge in [0.1, 0.15) is 0 Å². The molecule has 9 heteroatoms. The zero-order valence-corrected chi connectivity index (χ0v) is 21.6. The fraction of sp³-hybridized carbons (Fsp3) is 0.478. The van der Waals surface area contributed by atoms with Gasteiger partial charge >= 0.3 is 0 Å². The zero-order valence-electron chi connectivity index (χ0n) is 19.3. The average molecular weight is 503 g/mol. The Hall–Kier alpha value is -1.67. The molecule has 0 amide bonds. The van der Waals surface area contributed by atoms with E-state index in [0.717, 1.165) is 18.5 Å². The summed E-state index contributed by atoms with van der Waals surface area (Å²) in [5.74, 6) is 1.45. The molecule has 0 N–H and O–H groups in total. The summed E-state index contributed by atoms with van der Waals surface area (Å²) in [4.78, 5) is 2.13. The van der Waals surface area contributed by atoms with Crippen molar-refractivity contribution in [2.45, 2.75) is 32.7 Å². The Labute approximate surface area is 202 Å². The fourth-order valence-corrected chi connectivity index (χ4v) is 5.55. The number of sulfonamides is 1. The van der Waals surface area contributed by atoms with E-state index >= 15 is 0 Å². The molecule has 0 unspecified atom stereocenters. The van der Waals surface area contributed by atoms with Gasteiger partial charge in [-0.05, 0) is 76.2 Å². The van der Waals surface area contributed by atoms with Crippen molar-refractivity contribution >= 4 is 38.9 Å². The molecule has 0 atom stereocenters. The minimum absolute atomic E-state index is 0.0477. The normalized spacial score (nSPS) is 11.8. The van der Waals surface area contributed by atoms with Gasteiger partial charge in [-0.2, -0.15) is 0 Å². The molecule has 0 aromatic heterocycles. The molecule has 0 bridgehead atoms. The van der Waals surface area contributed by atoms with E-state index in [1.807, 2.05) is 39.1 Å². The number of likely N-dealkylation sites (N-methyl/N-ethyl adjacent to an activating group) is 1. The maximum absolute atomic E-state index is 13.1. The summed E-state index contributed by atoms with van der Waals surface area (Å²) in [6, 6.07) is 10.5. The molecule has 0 radical (unpaired) electrons. The molecule has 0 saturated carbocycles. The highest BCUT2D eigenvalue weighted by molar-refractivity contribution is 7.92. The first-order valence-corrected chi connectivity index (χ1v) is 12.8. The molecule has 0 fully saturated rings. The van der Waals surface area contributed by atoms with Gasteiger partial charge in [0.25, 0.3) is 0 Å². The zero-order chi connectivity index (χ0) is 23.9. The summed E-state index contributed by atoms with van der Waals surface area (Å²) >= 11 is 12.1. The summed E-state index contributed by atoms with van der Waals surface area (Å²) in [6.45, 7) is 5.15. The van der Waals surface area contributed by atoms with Gasteiger partial charge in [0.15, 0.2) is 11.5 Å². The van der Waals surface area contributed by atoms with Crippen LogP contribution in [0.5, 0.6) is 11.5 Å². The second-order valence-corrected chi connectivity index (χ2v) is 10.7. The minimum atomic E-state index is -3.51. The number of benzene rings is 2. The van der Waals surface area contributed by atoms with Crippen LogP contribution >= 0.6 is 23.2 Å². The van der Waals surface area contributed by atoms with Gasteiger partial charge in [0.2, 0.25) is 10.0 Å². The molecule has 0 saturated heterocycles. The van der Waals surface area contributed by atoms with Crippen molar-refractivity contribution in [1.29, 1.82) is 0 Å². The average Bonchev–Trinajstić information content (AvgIpc) is 2.74. The highest BCUT2D eigenvalue weighted by atomic mass is 35.5. The van der Waals surface area contributed by atoms with Crippen LogP contribution in [0.3, 0.4) is 0 Å². The van der Waals surface area contributed by atoms with Crippen LogP contribution in [0, 0.1) is 0 Å². The number of nitrogens with zero attached hydrogens (tertiary/aromatic N) is 2. The highest BCUT2D eigenvalue weighted by Gasteiger charge is 2.25. The van der Waals surface area contributed by atoms with Crippen LogP contribution in [-0.4, -0.2) is 59.5 Å². The van der Waals surface area contributed by atoms with Gasteiger partial charge in [-0.25, -0.2) is 8.42 Å². The van der Waals surface area contributed by atoms with Crippen LogP contribution < -0.4 is 13.8 Å². The van der Waals surface area contributed by atoms with Gasteiger partial charge < -0.3 is 14.4 Å². The minimum Gasteiger partial charge on any atom is -0.493 e. The Kier molecular flexibility index (Phi) is 9.95. The molecule has 0 aliphatic rings. The smallest absolute Gasteiger partial charge is 0.235 e. The maximum atomic E-state index is 13.1. The van der Waals surface area contributed by atoms with E-state index in [0.29, 0.717) is 40.2 Å². The molecular formula is C23H32Cl2N2O4S. The molecule has 6 nitrogen and oxygen atoms in total. The van der Waals surface area contributed by atoms with E-state index in [9.17, 15) is 8.42 Å². The number of ether oxygens (including phenoxy) is 2. The summed E-state index contributed by atoms with van der Waals surface area (Å²) in [5.41, 5.74) is 1.66. The first-order valence-electron chi connectivity index (χ1n) is 10.5. The third-order valence-corrected chi connectivity index (χ3v) is 7.87. The van der Waals surface area contributed by atoms with Crippen molar-refractivity contribution in [3.63, 3.8) is 0 Å². The molecule has 0 heterocycles. The molecule has 2 aromatic carbocycles. The maximum Gasteiger partial charge on any atom is 0.235 e. The lowest BCUT2D eigenvalue weighted by molar-refractivity contribution is 0.337. The topological polar surface area (TPSA) is 59.1 Å². The van der Waals surface area contributed by atoms with Crippen molar-refractivity contribution < 1.29 is 17.9 Å². The van der Waals surface area contributed by atoms with E-state index in [1.54, 1.807) is 32.4 Å². The Morgan fingerprint density at radius 2 is 1.62 bits per heavy atom. The quantitative estimate of drug-likeness (QED) is 0.403. The third kappa shape index (κ3) is 7.17. The lowest BCUT2D eigenvalue weighted by Crippen LogP contribution is -2.39. The van der Waals surface area contributed by atoms with E-state index in [-0.39, 0.29) is 11.8 Å². The fourth-order valence-electron chi connectivity index (χ4n) is 3.49. The first-order chi connectivity index (χ1) is 15.1. The SMILES string of the molecule is COc1ccc(CCN(C)CCCS(=O)(=O)N(c2ccc(Cl)c(Cl)c2)C(C)C)cc1OC. The van der Waals surface area contributed by atoms with Gasteiger partial charge in [-0.1, -0.05) is 29.3 Å². The Morgan fingerprint density at radius 3 is 2.22 bits per heavy atom. The number of anilines is 1. The van der Waals surface area contributed by atoms with Gasteiger partial charge in [0, 0.05) is 12.6 Å². The predicted octanol–water partition coefficient (Wildman–Crippen LogP) is 5.12. The van der Waals surface area contributed by atoms with Gasteiger partial charge in [0.05, 0.1) is 35.7 Å². The van der Waals surface area contributed by atoms with E-state index < -0.39 is 10.0 Å². The Morgan fingerprint density at radius 1 is 0.938 bits per heavy atom. The lowest BCUT2D eigenvalue weighted by Gasteiger charge is -2.29. The molecule has 0 spiro atoms. The van der Waals surface area contributed by atoms with Crippen LogP contribution in [0.2, 0.25) is 10.0 Å². The standard InChI is InChI=1S/C23H32Cl2N2O4S/c1-17(2)27(19-8-9-20(24)21(25)16-19)32(28,29)14-6-12-26(3)13-11-18-7-10-22(30-4)23(15-18)31-5/h7-10,15-17H,6,11-14H2,1-5H3. The van der Waals surface area contributed by atoms with Crippen molar-refractivity contribution in [3.8, 4) is 11.5 Å². The summed E-state index contributed by atoms with van der Waals surface area (Å²) in [7, 11) is 1.71. The number of rotatable bonds is 12. The second-order valence-electron chi connectivity index (χ2n) is 7.90. The summed E-state index contributed by atoms with van der Waals surface area (Å²) in [5, 5.41) is 0.729. The van der Waals surface area contributed by atoms with Gasteiger partial charge in [-0.3, -0.25) is 4.31 Å². The van der Waals surface area contributed by atoms with Crippen LogP contribution in [0.25, 0.3) is 0 Å². The van der Waals surface area contributed by atoms with E-state index in [1.165, 1.54) is 4.31 Å². The van der Waals surface area contributed by atoms with Crippen molar-refractivity contribution in [2.24, 2.45) is 0 Å². The Balaban J connectivity index is 1.93. The van der Waals surface area contributed by atoms with E-state index in [4.69, 9.17) is 32.7 Å². The molecule has 0 aliphatic carbocycles. The van der Waals surface area contributed by atoms with E-state index in [2.05, 4.69) is 4.90 Å². The molecule has 0 aliphatic heterocycles. The first kappa shape index (κ1) is 26.6. The Bertz CT molecular complexity index is 999. The molecular weight excluding hydrogens is 471 g/mol. The third-order valence-electron chi connectivity index (χ3n) is 5.10. The molecule has 2 rings (SSSR count). The number of halogens is 2. The number of methoxy groups -OCH3 is 2. The van der Waals surface area contributed by atoms with Crippen molar-refractivity contribution in [1.82, 2.24) is 4.90 Å². The van der Waals surface area contributed by atoms with Crippen molar-refractivity contribution in [2.75, 3.05) is 44.4 Å². The predicted molar refractivity (Wildman–Crippen MR) is 133 cm³/mol. The summed E-state index contributed by atoms with van der Waals surface area (Å²) < 4.78 is 38.2.